The molecule has 7 heteroatoms. The molecular weight excluding hydrogens is 416 g/mol. The van der Waals surface area contributed by atoms with Gasteiger partial charge in [0.25, 0.3) is 0 Å². The van der Waals surface area contributed by atoms with Gasteiger partial charge < -0.3 is 0 Å². The van der Waals surface area contributed by atoms with Crippen molar-refractivity contribution < 1.29 is 63.2 Å². The molecule has 0 unspecified atom stereocenters. The van der Waals surface area contributed by atoms with Crippen molar-refractivity contribution in [1.82, 2.24) is 0 Å². The Kier molecular flexibility index (Phi) is 630. The monoisotopic (exact) mass is 430 g/mol. The first-order valence-corrected chi connectivity index (χ1v) is 0. The first kappa shape index (κ1) is 78.1. The Labute approximate surface area is 115 Å². The molecule has 0 aliphatic carbocycles. The molecule has 0 fully saturated rings. The molecule has 0 N–H and O–H groups in total. The Hall–Kier alpha value is 3.46. The van der Waals surface area contributed by atoms with E-state index in [1.54, 1.807) is 0 Å². The molecule has 50 valence electrons. The number of hydrogen-bond donors (Lipinski definition) is 0. The largest absolute Gasteiger partial charge is 0.197 e. The van der Waals surface area contributed by atoms with Crippen molar-refractivity contribution in [1.29, 1.82) is 0 Å². The summed E-state index contributed by atoms with van der Waals surface area (Å²) in [5.41, 5.74) is 0. The van der Waals surface area contributed by atoms with Crippen molar-refractivity contribution in [3.8, 4) is 0 Å². The van der Waals surface area contributed by atoms with Crippen LogP contribution in [0.1, 0.15) is 0 Å². The molecule has 0 amide bonds. The van der Waals surface area contributed by atoms with Crippen molar-refractivity contribution in [2.24, 2.45) is 0 Å². The minimum absolute atomic E-state index is 0. The van der Waals surface area contributed by atoms with Gasteiger partial charge in [0, 0.05) is 63.2 Å². The summed E-state index contributed by atoms with van der Waals surface area (Å²) in [4.78, 5) is 0. The normalized spacial score (nSPS) is 0. The van der Waals surface area contributed by atoms with Crippen molar-refractivity contribution in [3.05, 3.63) is 0 Å². The van der Waals surface area contributed by atoms with Gasteiger partial charge in [-0.15, -0.1) is 0 Å². The molecule has 0 saturated heterocycles. The zero-order chi connectivity index (χ0) is 0. The Morgan fingerprint density at radius 2 is 0.286 bits per heavy atom. The summed E-state index contributed by atoms with van der Waals surface area (Å²) in [7, 11) is 0. The summed E-state index contributed by atoms with van der Waals surface area (Å²) >= 11 is 0. The average molecular weight is 424 g/mol. The van der Waals surface area contributed by atoms with Crippen LogP contribution < -0.4 is 0 Å². The third-order valence-corrected chi connectivity index (χ3v) is 0. The first-order valence-electron chi connectivity index (χ1n) is 0. The maximum Gasteiger partial charge on any atom is 0 e. The maximum absolute atomic E-state index is 0. The van der Waals surface area contributed by atoms with E-state index in [1.165, 1.54) is 0 Å². The van der Waals surface area contributed by atoms with Crippen LogP contribution in [0.5, 0.6) is 0 Å². The smallest absolute Gasteiger partial charge is 0 e. The first-order chi connectivity index (χ1) is 0. The Morgan fingerprint density at radius 3 is 0.286 bits per heavy atom. The summed E-state index contributed by atoms with van der Waals surface area (Å²) in [6, 6.07) is 0. The van der Waals surface area contributed by atoms with Crippen LogP contribution >= 0.6 is 54.0 Å². The fourth-order valence-corrected chi connectivity index (χ4v) is 0. The summed E-state index contributed by atoms with van der Waals surface area (Å²) in [6.45, 7) is 0. The van der Waals surface area contributed by atoms with Gasteiger partial charge in [0.2, 0.25) is 0 Å². The molecule has 0 heterocycles. The molecular formula is H8Mo3S4. The van der Waals surface area contributed by atoms with Crippen LogP contribution in [0.15, 0.2) is 0 Å². The van der Waals surface area contributed by atoms with Gasteiger partial charge in [-0.3, -0.25) is 0 Å². The fraction of sp³-hybridized carbons (Fsp3) is 0. The molecule has 0 bridgehead atoms. The molecule has 0 atom stereocenters. The molecule has 0 radical (unpaired) electrons. The second-order valence-electron chi connectivity index (χ2n) is 0. The van der Waals surface area contributed by atoms with Crippen LogP contribution in [0.2, 0.25) is 0 Å². The Bertz CT molecular complexity index is 6.90. The van der Waals surface area contributed by atoms with Gasteiger partial charge in [-0.1, -0.05) is 0 Å². The van der Waals surface area contributed by atoms with Crippen molar-refractivity contribution in [2.45, 2.75) is 0 Å². The third kappa shape index (κ3) is 43.9. The zero-order valence-corrected chi connectivity index (χ0v) is 13.2. The molecule has 0 saturated carbocycles. The predicted molar refractivity (Wildman–Crippen MR) is 41.5 cm³/mol. The van der Waals surface area contributed by atoms with Gasteiger partial charge in [0.1, 0.15) is 0 Å². The third-order valence-electron chi connectivity index (χ3n) is 0. The topological polar surface area (TPSA) is 0 Å². The molecule has 0 rings (SSSR count). The number of rotatable bonds is 0. The van der Waals surface area contributed by atoms with Gasteiger partial charge >= 0.3 is 0 Å². The van der Waals surface area contributed by atoms with E-state index in [0.29, 0.717) is 0 Å². The summed E-state index contributed by atoms with van der Waals surface area (Å²) in [6.07, 6.45) is 0. The van der Waals surface area contributed by atoms with E-state index in [2.05, 4.69) is 0 Å². The van der Waals surface area contributed by atoms with Crippen LogP contribution in [-0.4, -0.2) is 0 Å². The molecule has 0 nitrogen and oxygen atoms in total. The quantitative estimate of drug-likeness (QED) is 0.496. The van der Waals surface area contributed by atoms with Crippen molar-refractivity contribution in [2.75, 3.05) is 0 Å². The molecule has 7 heavy (non-hydrogen) atoms. The van der Waals surface area contributed by atoms with Gasteiger partial charge in [-0.2, -0.15) is 54.0 Å². The van der Waals surface area contributed by atoms with Crippen LogP contribution in [0, 0.1) is 0 Å². The zero-order valence-electron chi connectivity index (χ0n) is 3.22. The van der Waals surface area contributed by atoms with E-state index in [9.17, 15) is 0 Å². The summed E-state index contributed by atoms with van der Waals surface area (Å²) in [5.74, 6) is 0. The average Bonchev–Trinajstić information content (AvgIpc) is 0. The molecule has 0 aliphatic heterocycles. The molecule has 0 spiro atoms. The van der Waals surface area contributed by atoms with Crippen LogP contribution in [-0.2, 0) is 63.2 Å². The van der Waals surface area contributed by atoms with E-state index in [0.717, 1.165) is 0 Å². The van der Waals surface area contributed by atoms with Crippen LogP contribution in [0.25, 0.3) is 0 Å². The van der Waals surface area contributed by atoms with Crippen molar-refractivity contribution in [3.63, 3.8) is 0 Å². The molecule has 0 aliphatic rings. The second kappa shape index (κ2) is 56.5. The SMILES string of the molecule is S.S.S.S.[Mo].[Mo].[Mo]. The Balaban J connectivity index is 0. The number of hydrogen-bond acceptors (Lipinski definition) is 0. The minimum Gasteiger partial charge on any atom is -0.197 e. The van der Waals surface area contributed by atoms with Crippen LogP contribution in [0.3, 0.4) is 0 Å². The van der Waals surface area contributed by atoms with E-state index < -0.39 is 0 Å². The van der Waals surface area contributed by atoms with Crippen molar-refractivity contribution >= 4 is 54.0 Å². The fourth-order valence-electron chi connectivity index (χ4n) is 0. The van der Waals surface area contributed by atoms with Gasteiger partial charge in [-0.25, -0.2) is 0 Å². The van der Waals surface area contributed by atoms with E-state index in [1.807, 2.05) is 0 Å². The molecule has 0 aromatic rings. The minimum atomic E-state index is 0. The molecule has 0 aromatic heterocycles. The van der Waals surface area contributed by atoms with E-state index in [4.69, 9.17) is 0 Å². The summed E-state index contributed by atoms with van der Waals surface area (Å²) in [5, 5.41) is 0. The van der Waals surface area contributed by atoms with E-state index >= 15 is 0 Å². The van der Waals surface area contributed by atoms with Crippen LogP contribution in [0.4, 0.5) is 0 Å². The molecule has 0 aromatic carbocycles. The van der Waals surface area contributed by atoms with Gasteiger partial charge in [-0.05, 0) is 0 Å². The summed E-state index contributed by atoms with van der Waals surface area (Å²) < 4.78 is 0. The maximum atomic E-state index is 0. The predicted octanol–water partition coefficient (Wildman–Crippen LogP) is 0.444. The van der Waals surface area contributed by atoms with Gasteiger partial charge in [0.05, 0.1) is 0 Å². The Morgan fingerprint density at radius 1 is 0.286 bits per heavy atom. The van der Waals surface area contributed by atoms with E-state index in [-0.39, 0.29) is 117 Å². The second-order valence-corrected chi connectivity index (χ2v) is 0. The standard InChI is InChI=1S/3Mo.4H2S/h;;;4*1H2. The van der Waals surface area contributed by atoms with Gasteiger partial charge in [0.15, 0.2) is 0 Å².